The zero-order valence-electron chi connectivity index (χ0n) is 18.2. The smallest absolute Gasteiger partial charge is 0.243 e. The molecular weight excluding hydrogens is 414 g/mol. The quantitative estimate of drug-likeness (QED) is 0.641. The summed E-state index contributed by atoms with van der Waals surface area (Å²) in [5, 5.41) is 3.03. The fourth-order valence-corrected chi connectivity index (χ4v) is 5.23. The predicted molar refractivity (Wildman–Crippen MR) is 121 cm³/mol. The van der Waals surface area contributed by atoms with Gasteiger partial charge in [-0.15, -0.1) is 0 Å². The highest BCUT2D eigenvalue weighted by molar-refractivity contribution is 7.89. The lowest BCUT2D eigenvalue weighted by Crippen LogP contribution is -2.50. The fourth-order valence-electron chi connectivity index (χ4n) is 3.81. The summed E-state index contributed by atoms with van der Waals surface area (Å²) in [6, 6.07) is 16.3. The summed E-state index contributed by atoms with van der Waals surface area (Å²) in [6.07, 6.45) is 0.748. The van der Waals surface area contributed by atoms with E-state index in [1.807, 2.05) is 37.3 Å². The molecule has 1 aliphatic heterocycles. The van der Waals surface area contributed by atoms with Crippen LogP contribution in [0.15, 0.2) is 59.5 Å². The van der Waals surface area contributed by atoms with Gasteiger partial charge in [0.15, 0.2) is 0 Å². The molecule has 31 heavy (non-hydrogen) atoms. The predicted octanol–water partition coefficient (Wildman–Crippen LogP) is 2.31. The van der Waals surface area contributed by atoms with E-state index in [9.17, 15) is 13.2 Å². The van der Waals surface area contributed by atoms with E-state index in [0.29, 0.717) is 45.0 Å². The highest BCUT2D eigenvalue weighted by Gasteiger charge is 2.28. The molecule has 8 heteroatoms. The van der Waals surface area contributed by atoms with E-state index in [1.54, 1.807) is 31.4 Å². The van der Waals surface area contributed by atoms with Gasteiger partial charge in [0, 0.05) is 39.3 Å². The SMILES string of the molecule is CCC(C(=O)NCCN1CCN(S(=O)(=O)c2ccc(OC)cc2)CC1)c1ccccc1. The number of benzene rings is 2. The van der Waals surface area contributed by atoms with E-state index in [4.69, 9.17) is 4.74 Å². The van der Waals surface area contributed by atoms with Crippen LogP contribution in [0.2, 0.25) is 0 Å². The molecule has 2 aromatic carbocycles. The molecule has 0 aromatic heterocycles. The number of sulfonamides is 1. The van der Waals surface area contributed by atoms with Gasteiger partial charge in [-0.2, -0.15) is 4.31 Å². The molecule has 0 saturated carbocycles. The monoisotopic (exact) mass is 445 g/mol. The summed E-state index contributed by atoms with van der Waals surface area (Å²) >= 11 is 0. The third-order valence-corrected chi connectivity index (χ3v) is 7.60. The third kappa shape index (κ3) is 5.84. The molecule has 1 unspecified atom stereocenters. The van der Waals surface area contributed by atoms with Crippen LogP contribution in [0.4, 0.5) is 0 Å². The van der Waals surface area contributed by atoms with Gasteiger partial charge < -0.3 is 10.1 Å². The minimum Gasteiger partial charge on any atom is -0.497 e. The molecule has 1 aliphatic rings. The molecule has 168 valence electrons. The second-order valence-electron chi connectivity index (χ2n) is 7.58. The first-order chi connectivity index (χ1) is 15.0. The van der Waals surface area contributed by atoms with Gasteiger partial charge in [-0.05, 0) is 36.2 Å². The summed E-state index contributed by atoms with van der Waals surface area (Å²) < 4.78 is 32.3. The molecular formula is C23H31N3O4S. The Balaban J connectivity index is 1.46. The van der Waals surface area contributed by atoms with Crippen LogP contribution in [0.25, 0.3) is 0 Å². The van der Waals surface area contributed by atoms with Gasteiger partial charge in [0.1, 0.15) is 5.75 Å². The number of methoxy groups -OCH3 is 1. The number of hydrogen-bond acceptors (Lipinski definition) is 5. The van der Waals surface area contributed by atoms with E-state index in [1.165, 1.54) is 4.31 Å². The second-order valence-corrected chi connectivity index (χ2v) is 9.52. The molecule has 0 aliphatic carbocycles. The van der Waals surface area contributed by atoms with Crippen molar-refractivity contribution in [1.29, 1.82) is 0 Å². The molecule has 1 heterocycles. The van der Waals surface area contributed by atoms with E-state index in [0.717, 1.165) is 12.0 Å². The van der Waals surface area contributed by atoms with Crippen molar-refractivity contribution in [3.63, 3.8) is 0 Å². The van der Waals surface area contributed by atoms with Crippen LogP contribution < -0.4 is 10.1 Å². The Bertz CT molecular complexity index is 941. The second kappa shape index (κ2) is 10.7. The zero-order chi connectivity index (χ0) is 22.3. The van der Waals surface area contributed by atoms with Crippen molar-refractivity contribution in [2.45, 2.75) is 24.2 Å². The lowest BCUT2D eigenvalue weighted by Gasteiger charge is -2.34. The number of rotatable bonds is 9. The van der Waals surface area contributed by atoms with Crippen molar-refractivity contribution in [2.24, 2.45) is 0 Å². The molecule has 0 radical (unpaired) electrons. The van der Waals surface area contributed by atoms with E-state index >= 15 is 0 Å². The first-order valence-corrected chi connectivity index (χ1v) is 12.1. The van der Waals surface area contributed by atoms with Gasteiger partial charge in [0.05, 0.1) is 17.9 Å². The standard InChI is InChI=1S/C23H31N3O4S/c1-3-22(19-7-5-4-6-8-19)23(27)24-13-14-25-15-17-26(18-16-25)31(28,29)21-11-9-20(30-2)10-12-21/h4-12,22H,3,13-18H2,1-2H3,(H,24,27). The Kier molecular flexibility index (Phi) is 8.06. The molecule has 1 atom stereocenters. The van der Waals surface area contributed by atoms with Crippen LogP contribution in [0.5, 0.6) is 5.75 Å². The van der Waals surface area contributed by atoms with Gasteiger partial charge in [0.2, 0.25) is 15.9 Å². The van der Waals surface area contributed by atoms with Gasteiger partial charge in [-0.25, -0.2) is 8.42 Å². The Morgan fingerprint density at radius 1 is 1.03 bits per heavy atom. The Labute approximate surface area is 185 Å². The average molecular weight is 446 g/mol. The van der Waals surface area contributed by atoms with Crippen LogP contribution in [0.1, 0.15) is 24.8 Å². The van der Waals surface area contributed by atoms with Gasteiger partial charge in [-0.3, -0.25) is 9.69 Å². The maximum Gasteiger partial charge on any atom is 0.243 e. The van der Waals surface area contributed by atoms with Gasteiger partial charge >= 0.3 is 0 Å². The normalized spacial score (nSPS) is 16.6. The summed E-state index contributed by atoms with van der Waals surface area (Å²) in [5.41, 5.74) is 1.03. The van der Waals surface area contributed by atoms with Crippen molar-refractivity contribution < 1.29 is 17.9 Å². The molecule has 0 spiro atoms. The Morgan fingerprint density at radius 3 is 2.26 bits per heavy atom. The largest absolute Gasteiger partial charge is 0.497 e. The van der Waals surface area contributed by atoms with Crippen molar-refractivity contribution in [1.82, 2.24) is 14.5 Å². The zero-order valence-corrected chi connectivity index (χ0v) is 19.0. The van der Waals surface area contributed by atoms with Gasteiger partial charge in [-0.1, -0.05) is 37.3 Å². The number of hydrogen-bond donors (Lipinski definition) is 1. The minimum absolute atomic E-state index is 0.0365. The molecule has 7 nitrogen and oxygen atoms in total. The first kappa shape index (κ1) is 23.2. The maximum atomic E-state index is 12.8. The molecule has 2 aromatic rings. The third-order valence-electron chi connectivity index (χ3n) is 5.68. The van der Waals surface area contributed by atoms with Crippen LogP contribution in [-0.4, -0.2) is 69.9 Å². The molecule has 1 amide bonds. The summed E-state index contributed by atoms with van der Waals surface area (Å²) in [7, 11) is -1.96. The highest BCUT2D eigenvalue weighted by atomic mass is 32.2. The molecule has 0 bridgehead atoms. The van der Waals surface area contributed by atoms with Gasteiger partial charge in [0.25, 0.3) is 0 Å². The molecule has 1 saturated heterocycles. The Morgan fingerprint density at radius 2 is 1.68 bits per heavy atom. The summed E-state index contributed by atoms with van der Waals surface area (Å²) in [5.74, 6) is 0.519. The first-order valence-electron chi connectivity index (χ1n) is 10.6. The lowest BCUT2D eigenvalue weighted by atomic mass is 9.96. The molecule has 1 fully saturated rings. The summed E-state index contributed by atoms with van der Waals surface area (Å²) in [4.78, 5) is 15.0. The number of nitrogens with one attached hydrogen (secondary N) is 1. The van der Waals surface area contributed by atoms with E-state index in [-0.39, 0.29) is 16.7 Å². The topological polar surface area (TPSA) is 79.0 Å². The molecule has 1 N–H and O–H groups in total. The minimum atomic E-state index is -3.51. The van der Waals surface area contributed by atoms with Crippen LogP contribution >= 0.6 is 0 Å². The molecule has 3 rings (SSSR count). The van der Waals surface area contributed by atoms with E-state index < -0.39 is 10.0 Å². The summed E-state index contributed by atoms with van der Waals surface area (Å²) in [6.45, 7) is 5.41. The Hall–Kier alpha value is -2.42. The van der Waals surface area contributed by atoms with E-state index in [2.05, 4.69) is 10.2 Å². The number of carbonyl (C=O) groups excluding carboxylic acids is 1. The lowest BCUT2D eigenvalue weighted by molar-refractivity contribution is -0.122. The number of piperazine rings is 1. The van der Waals surface area contributed by atoms with Crippen molar-refractivity contribution >= 4 is 15.9 Å². The number of nitrogens with zero attached hydrogens (tertiary/aromatic N) is 2. The van der Waals surface area contributed by atoms with Crippen LogP contribution in [0, 0.1) is 0 Å². The number of amides is 1. The number of ether oxygens (including phenoxy) is 1. The van der Waals surface area contributed by atoms with Crippen molar-refractivity contribution in [2.75, 3.05) is 46.4 Å². The average Bonchev–Trinajstić information content (AvgIpc) is 2.80. The van der Waals surface area contributed by atoms with Crippen molar-refractivity contribution in [3.8, 4) is 5.75 Å². The van der Waals surface area contributed by atoms with Crippen LogP contribution in [-0.2, 0) is 14.8 Å². The highest BCUT2D eigenvalue weighted by Crippen LogP contribution is 2.21. The maximum absolute atomic E-state index is 12.8. The van der Waals surface area contributed by atoms with Crippen LogP contribution in [0.3, 0.4) is 0 Å². The number of carbonyl (C=O) groups is 1. The fraction of sp³-hybridized carbons (Fsp3) is 0.435. The van der Waals surface area contributed by atoms with Crippen molar-refractivity contribution in [3.05, 3.63) is 60.2 Å².